The highest BCUT2D eigenvalue weighted by Gasteiger charge is 2.50. The second-order valence-corrected chi connectivity index (χ2v) is 9.04. The number of hydrogen-bond acceptors (Lipinski definition) is 5. The number of fused-ring (bicyclic) bond motifs is 1. The van der Waals surface area contributed by atoms with Crippen molar-refractivity contribution in [1.82, 2.24) is 4.31 Å². The lowest BCUT2D eigenvalue weighted by molar-refractivity contribution is -0.0492. The number of aryl methyl sites for hydroxylation is 1. The monoisotopic (exact) mass is 404 g/mol. The first-order valence-electron chi connectivity index (χ1n) is 7.60. The lowest BCUT2D eigenvalue weighted by atomic mass is 9.96. The first-order chi connectivity index (χ1) is 12.0. The molecule has 0 radical (unpaired) electrons. The van der Waals surface area contributed by atoms with Gasteiger partial charge in [0.1, 0.15) is 0 Å². The number of benzene rings is 1. The molecule has 0 atom stereocenters. The van der Waals surface area contributed by atoms with Crippen LogP contribution in [0.3, 0.4) is 0 Å². The third-order valence-corrected chi connectivity index (χ3v) is 6.84. The molecule has 1 aromatic heterocycles. The molecule has 0 bridgehead atoms. The van der Waals surface area contributed by atoms with Crippen LogP contribution >= 0.6 is 11.3 Å². The summed E-state index contributed by atoms with van der Waals surface area (Å²) in [6.45, 7) is 1.09. The molecule has 2 heterocycles. The van der Waals surface area contributed by atoms with Gasteiger partial charge in [0.2, 0.25) is 0 Å². The predicted octanol–water partition coefficient (Wildman–Crippen LogP) is 3.08. The average Bonchev–Trinajstić information content (AvgIpc) is 2.88. The van der Waals surface area contributed by atoms with Gasteiger partial charge >= 0.3 is 15.5 Å². The van der Waals surface area contributed by atoms with Crippen LogP contribution in [-0.2, 0) is 23.0 Å². The molecule has 0 unspecified atom stereocenters. The standard InChI is InChI=1S/C16H15F3N2O3S2/c1-9-2-4-10(5-3-9)14(22)13-11-6-7-21(8-12(11)25-15(13)20)26(23,24)16(17,18)19/h2-5H,6-8,20H2,1H3. The van der Waals surface area contributed by atoms with Gasteiger partial charge in [0, 0.05) is 23.5 Å². The summed E-state index contributed by atoms with van der Waals surface area (Å²) in [4.78, 5) is 13.1. The van der Waals surface area contributed by atoms with Crippen LogP contribution in [0.4, 0.5) is 18.2 Å². The molecular weight excluding hydrogens is 389 g/mol. The fourth-order valence-corrected chi connectivity index (χ4v) is 4.99. The maximum absolute atomic E-state index is 12.8. The van der Waals surface area contributed by atoms with E-state index in [1.54, 1.807) is 24.3 Å². The third kappa shape index (κ3) is 3.12. The first-order valence-corrected chi connectivity index (χ1v) is 9.86. The van der Waals surface area contributed by atoms with Crippen LogP contribution in [0.2, 0.25) is 0 Å². The van der Waals surface area contributed by atoms with E-state index in [1.165, 1.54) is 0 Å². The van der Waals surface area contributed by atoms with E-state index in [9.17, 15) is 26.4 Å². The molecule has 0 aliphatic carbocycles. The quantitative estimate of drug-likeness (QED) is 0.798. The number of sulfonamides is 1. The predicted molar refractivity (Wildman–Crippen MR) is 92.4 cm³/mol. The topological polar surface area (TPSA) is 80.5 Å². The van der Waals surface area contributed by atoms with Crippen molar-refractivity contribution in [3.8, 4) is 0 Å². The summed E-state index contributed by atoms with van der Waals surface area (Å²) >= 11 is 0.957. The lowest BCUT2D eigenvalue weighted by Crippen LogP contribution is -2.43. The zero-order chi connectivity index (χ0) is 19.3. The SMILES string of the molecule is Cc1ccc(C(=O)c2c(N)sc3c2CCN(S(=O)(=O)C(F)(F)F)C3)cc1. The van der Waals surface area contributed by atoms with E-state index in [-0.39, 0.29) is 29.3 Å². The zero-order valence-corrected chi connectivity index (χ0v) is 15.3. The number of rotatable bonds is 3. The number of thiophene rings is 1. The molecule has 2 aromatic rings. The Morgan fingerprint density at radius 1 is 1.23 bits per heavy atom. The van der Waals surface area contributed by atoms with Gasteiger partial charge < -0.3 is 5.73 Å². The Morgan fingerprint density at radius 2 is 1.85 bits per heavy atom. The number of carbonyl (C=O) groups excluding carboxylic acids is 1. The molecule has 10 heteroatoms. The maximum atomic E-state index is 12.8. The molecule has 140 valence electrons. The summed E-state index contributed by atoms with van der Waals surface area (Å²) in [5.41, 5.74) is 2.79. The van der Waals surface area contributed by atoms with E-state index in [1.807, 2.05) is 6.92 Å². The Bertz CT molecular complexity index is 964. The molecule has 1 aromatic carbocycles. The Kier molecular flexibility index (Phi) is 4.62. The van der Waals surface area contributed by atoms with Crippen LogP contribution in [-0.4, -0.2) is 30.6 Å². The van der Waals surface area contributed by atoms with Gasteiger partial charge in [-0.2, -0.15) is 17.5 Å². The van der Waals surface area contributed by atoms with E-state index in [0.29, 0.717) is 20.3 Å². The maximum Gasteiger partial charge on any atom is 0.511 e. The van der Waals surface area contributed by atoms with E-state index in [2.05, 4.69) is 0 Å². The van der Waals surface area contributed by atoms with Gasteiger partial charge in [0.15, 0.2) is 5.78 Å². The molecule has 0 spiro atoms. The van der Waals surface area contributed by atoms with E-state index < -0.39 is 22.1 Å². The minimum atomic E-state index is -5.41. The Hall–Kier alpha value is -1.91. The van der Waals surface area contributed by atoms with Crippen molar-refractivity contribution < 1.29 is 26.4 Å². The number of nitrogens with zero attached hydrogens (tertiary/aromatic N) is 1. The van der Waals surface area contributed by atoms with Crippen molar-refractivity contribution in [1.29, 1.82) is 0 Å². The van der Waals surface area contributed by atoms with Crippen LogP contribution in [0.15, 0.2) is 24.3 Å². The molecule has 26 heavy (non-hydrogen) atoms. The van der Waals surface area contributed by atoms with Crippen LogP contribution in [0, 0.1) is 6.92 Å². The van der Waals surface area contributed by atoms with Gasteiger partial charge in [-0.1, -0.05) is 29.8 Å². The molecule has 5 nitrogen and oxygen atoms in total. The summed E-state index contributed by atoms with van der Waals surface area (Å²) in [7, 11) is -5.41. The van der Waals surface area contributed by atoms with E-state index in [4.69, 9.17) is 5.73 Å². The summed E-state index contributed by atoms with van der Waals surface area (Å²) in [6, 6.07) is 6.87. The third-order valence-electron chi connectivity index (χ3n) is 4.22. The fourth-order valence-electron chi connectivity index (χ4n) is 2.85. The normalized spacial score (nSPS) is 15.7. The number of ketones is 1. The highest BCUT2D eigenvalue weighted by Crippen LogP contribution is 2.39. The van der Waals surface area contributed by atoms with Gasteiger partial charge in [0.25, 0.3) is 0 Å². The van der Waals surface area contributed by atoms with Gasteiger partial charge in [-0.05, 0) is 18.9 Å². The van der Waals surface area contributed by atoms with E-state index in [0.717, 1.165) is 16.9 Å². The molecule has 0 amide bonds. The Labute approximate surface area is 152 Å². The molecule has 2 N–H and O–H groups in total. The number of nitrogen functional groups attached to an aromatic ring is 1. The number of carbonyl (C=O) groups is 1. The summed E-state index contributed by atoms with van der Waals surface area (Å²) in [6.07, 6.45) is 0.00524. The largest absolute Gasteiger partial charge is 0.511 e. The van der Waals surface area contributed by atoms with Crippen LogP contribution < -0.4 is 5.73 Å². The number of nitrogens with two attached hydrogens (primary N) is 1. The van der Waals surface area contributed by atoms with Crippen molar-refractivity contribution >= 4 is 32.1 Å². The lowest BCUT2D eigenvalue weighted by Gasteiger charge is -2.27. The number of anilines is 1. The van der Waals surface area contributed by atoms with Crippen molar-refractivity contribution in [3.05, 3.63) is 51.4 Å². The average molecular weight is 404 g/mol. The first kappa shape index (κ1) is 18.9. The molecule has 0 saturated heterocycles. The fraction of sp³-hybridized carbons (Fsp3) is 0.312. The number of hydrogen-bond donors (Lipinski definition) is 1. The molecule has 1 aliphatic heterocycles. The van der Waals surface area contributed by atoms with Crippen LogP contribution in [0.25, 0.3) is 0 Å². The summed E-state index contributed by atoms with van der Waals surface area (Å²) in [5, 5.41) is 0.187. The van der Waals surface area contributed by atoms with E-state index >= 15 is 0 Å². The number of alkyl halides is 3. The van der Waals surface area contributed by atoms with Gasteiger partial charge in [0.05, 0.1) is 10.6 Å². The zero-order valence-electron chi connectivity index (χ0n) is 13.6. The molecule has 0 fully saturated rings. The van der Waals surface area contributed by atoms with Crippen molar-refractivity contribution in [3.63, 3.8) is 0 Å². The minimum Gasteiger partial charge on any atom is -0.390 e. The number of halogens is 3. The highest BCUT2D eigenvalue weighted by molar-refractivity contribution is 7.89. The van der Waals surface area contributed by atoms with Crippen molar-refractivity contribution in [2.75, 3.05) is 12.3 Å². The van der Waals surface area contributed by atoms with Crippen molar-refractivity contribution in [2.45, 2.75) is 25.4 Å². The van der Waals surface area contributed by atoms with Crippen LogP contribution in [0.1, 0.15) is 31.9 Å². The summed E-state index contributed by atoms with van der Waals surface area (Å²) in [5.74, 6) is -0.313. The second-order valence-electron chi connectivity index (χ2n) is 5.97. The summed E-state index contributed by atoms with van der Waals surface area (Å²) < 4.78 is 61.9. The second kappa shape index (κ2) is 6.36. The van der Waals surface area contributed by atoms with Gasteiger partial charge in [-0.15, -0.1) is 11.3 Å². The Morgan fingerprint density at radius 3 is 2.42 bits per heavy atom. The molecule has 3 rings (SSSR count). The smallest absolute Gasteiger partial charge is 0.390 e. The van der Waals surface area contributed by atoms with Crippen molar-refractivity contribution in [2.24, 2.45) is 0 Å². The van der Waals surface area contributed by atoms with Gasteiger partial charge in [-0.3, -0.25) is 4.79 Å². The Balaban J connectivity index is 1.95. The minimum absolute atomic E-state index is 0.00524. The molecule has 0 saturated carbocycles. The molecular formula is C16H15F3N2O3S2. The highest BCUT2D eigenvalue weighted by atomic mass is 32.2. The van der Waals surface area contributed by atoms with Crippen LogP contribution in [0.5, 0.6) is 0 Å². The molecule has 1 aliphatic rings. The van der Waals surface area contributed by atoms with Gasteiger partial charge in [-0.25, -0.2) is 8.42 Å².